The minimum atomic E-state index is -0.387. The summed E-state index contributed by atoms with van der Waals surface area (Å²) in [5, 5.41) is 4.85. The molecule has 3 aromatic rings. The minimum Gasteiger partial charge on any atom is -0.464 e. The molecule has 1 aliphatic rings. The summed E-state index contributed by atoms with van der Waals surface area (Å²) >= 11 is 0. The van der Waals surface area contributed by atoms with Gasteiger partial charge in [0.15, 0.2) is 0 Å². The van der Waals surface area contributed by atoms with Crippen molar-refractivity contribution >= 4 is 27.8 Å². The van der Waals surface area contributed by atoms with Crippen LogP contribution in [0, 0.1) is 13.8 Å². The van der Waals surface area contributed by atoms with Crippen molar-refractivity contribution in [3.05, 3.63) is 45.0 Å². The molecule has 0 aliphatic carbocycles. The van der Waals surface area contributed by atoms with E-state index in [9.17, 15) is 9.59 Å². The quantitative estimate of drug-likeness (QED) is 0.600. The highest BCUT2D eigenvalue weighted by Crippen LogP contribution is 2.37. The fourth-order valence-corrected chi connectivity index (χ4v) is 4.43. The summed E-state index contributed by atoms with van der Waals surface area (Å²) in [7, 11) is 0. The van der Waals surface area contributed by atoms with E-state index in [0.29, 0.717) is 24.1 Å². The normalized spacial score (nSPS) is 17.0. The van der Waals surface area contributed by atoms with Gasteiger partial charge in [-0.2, -0.15) is 0 Å². The maximum Gasteiger partial charge on any atom is 0.339 e. The Bertz CT molecular complexity index is 1190. The summed E-state index contributed by atoms with van der Waals surface area (Å²) < 4.78 is 17.1. The molecule has 2 aromatic heterocycles. The molecule has 0 radical (unpaired) electrons. The number of amides is 1. The first-order valence-corrected chi connectivity index (χ1v) is 11.0. The van der Waals surface area contributed by atoms with Crippen LogP contribution in [0.25, 0.3) is 21.9 Å². The Balaban J connectivity index is 1.64. The van der Waals surface area contributed by atoms with Crippen molar-refractivity contribution in [2.75, 3.05) is 13.2 Å². The number of ether oxygens (including phenoxy) is 1. The van der Waals surface area contributed by atoms with Crippen molar-refractivity contribution in [2.45, 2.75) is 71.8 Å². The Kier molecular flexibility index (Phi) is 5.69. The van der Waals surface area contributed by atoms with Gasteiger partial charge in [-0.1, -0.05) is 20.8 Å². The third kappa shape index (κ3) is 4.13. The predicted molar refractivity (Wildman–Crippen MR) is 121 cm³/mol. The highest BCUT2D eigenvalue weighted by atomic mass is 16.5. The summed E-state index contributed by atoms with van der Waals surface area (Å²) in [6.07, 6.45) is 4.50. The van der Waals surface area contributed by atoms with Crippen molar-refractivity contribution in [1.29, 1.82) is 0 Å². The second kappa shape index (κ2) is 8.15. The molecule has 4 rings (SSSR count). The largest absolute Gasteiger partial charge is 0.464 e. The highest BCUT2D eigenvalue weighted by Gasteiger charge is 2.24. The van der Waals surface area contributed by atoms with Crippen LogP contribution in [0.5, 0.6) is 0 Å². The number of carbonyl (C=O) groups excluding carboxylic acids is 1. The molecule has 1 aromatic carbocycles. The van der Waals surface area contributed by atoms with Crippen LogP contribution in [0.1, 0.15) is 62.3 Å². The van der Waals surface area contributed by atoms with Crippen LogP contribution in [0.4, 0.5) is 0 Å². The highest BCUT2D eigenvalue weighted by molar-refractivity contribution is 6.00. The fraction of sp³-hybridized carbons (Fsp3) is 0.520. The first-order chi connectivity index (χ1) is 14.7. The molecule has 1 fully saturated rings. The molecule has 0 spiro atoms. The molecule has 1 atom stereocenters. The first kappa shape index (κ1) is 21.6. The first-order valence-electron chi connectivity index (χ1n) is 11.0. The molecule has 1 N–H and O–H groups in total. The molecule has 1 amide bonds. The maximum atomic E-state index is 12.7. The van der Waals surface area contributed by atoms with Crippen LogP contribution >= 0.6 is 0 Å². The molecule has 6 nitrogen and oxygen atoms in total. The zero-order chi connectivity index (χ0) is 22.3. The van der Waals surface area contributed by atoms with Crippen LogP contribution in [0.2, 0.25) is 0 Å². The third-order valence-corrected chi connectivity index (χ3v) is 6.30. The molecule has 31 heavy (non-hydrogen) atoms. The molecule has 6 heteroatoms. The molecular formula is C25H31NO5. The van der Waals surface area contributed by atoms with Crippen LogP contribution in [0.3, 0.4) is 0 Å². The third-order valence-electron chi connectivity index (χ3n) is 6.30. The predicted octanol–water partition coefficient (Wildman–Crippen LogP) is 4.68. The number of hydrogen-bond donors (Lipinski definition) is 1. The molecule has 0 bridgehead atoms. The molecule has 166 valence electrons. The Labute approximate surface area is 181 Å². The van der Waals surface area contributed by atoms with Crippen LogP contribution in [-0.4, -0.2) is 25.2 Å². The van der Waals surface area contributed by atoms with Crippen molar-refractivity contribution in [3.8, 4) is 0 Å². The van der Waals surface area contributed by atoms with E-state index in [1.54, 1.807) is 6.26 Å². The smallest absolute Gasteiger partial charge is 0.339 e. The molecule has 1 saturated heterocycles. The van der Waals surface area contributed by atoms with E-state index in [4.69, 9.17) is 13.6 Å². The van der Waals surface area contributed by atoms with Crippen molar-refractivity contribution < 1.29 is 18.4 Å². The summed E-state index contributed by atoms with van der Waals surface area (Å²) in [6.45, 7) is 11.6. The van der Waals surface area contributed by atoms with Gasteiger partial charge in [0.1, 0.15) is 11.2 Å². The van der Waals surface area contributed by atoms with Crippen molar-refractivity contribution in [1.82, 2.24) is 5.32 Å². The van der Waals surface area contributed by atoms with Gasteiger partial charge in [-0.05, 0) is 50.2 Å². The van der Waals surface area contributed by atoms with Crippen molar-refractivity contribution in [3.63, 3.8) is 0 Å². The van der Waals surface area contributed by atoms with Gasteiger partial charge in [-0.25, -0.2) is 4.79 Å². The molecule has 0 saturated carbocycles. The Morgan fingerprint density at radius 2 is 1.94 bits per heavy atom. The lowest BCUT2D eigenvalue weighted by atomic mass is 9.86. The minimum absolute atomic E-state index is 0.0706. The van der Waals surface area contributed by atoms with Gasteiger partial charge in [0.2, 0.25) is 5.91 Å². The summed E-state index contributed by atoms with van der Waals surface area (Å²) in [4.78, 5) is 25.0. The average molecular weight is 426 g/mol. The zero-order valence-corrected chi connectivity index (χ0v) is 19.0. The Morgan fingerprint density at radius 3 is 2.61 bits per heavy atom. The van der Waals surface area contributed by atoms with E-state index in [2.05, 4.69) is 32.2 Å². The number of aryl methyl sites for hydroxylation is 2. The molecule has 1 unspecified atom stereocenters. The van der Waals surface area contributed by atoms with Crippen LogP contribution < -0.4 is 10.9 Å². The average Bonchev–Trinajstić information content (AvgIpc) is 3.36. The van der Waals surface area contributed by atoms with Gasteiger partial charge >= 0.3 is 5.63 Å². The lowest BCUT2D eigenvalue weighted by Crippen LogP contribution is -2.32. The van der Waals surface area contributed by atoms with Gasteiger partial charge in [0.05, 0.1) is 12.4 Å². The second-order valence-corrected chi connectivity index (χ2v) is 9.59. The number of furan rings is 1. The van der Waals surface area contributed by atoms with E-state index in [0.717, 1.165) is 52.5 Å². The van der Waals surface area contributed by atoms with E-state index in [-0.39, 0.29) is 29.5 Å². The van der Waals surface area contributed by atoms with Crippen molar-refractivity contribution in [2.24, 2.45) is 0 Å². The number of benzene rings is 1. The molecule has 1 aliphatic heterocycles. The van der Waals surface area contributed by atoms with Gasteiger partial charge < -0.3 is 18.9 Å². The van der Waals surface area contributed by atoms with Gasteiger partial charge in [-0.3, -0.25) is 4.79 Å². The van der Waals surface area contributed by atoms with E-state index < -0.39 is 0 Å². The lowest BCUT2D eigenvalue weighted by molar-refractivity contribution is -0.121. The zero-order valence-electron chi connectivity index (χ0n) is 19.0. The second-order valence-electron chi connectivity index (χ2n) is 9.59. The fourth-order valence-electron chi connectivity index (χ4n) is 4.43. The Hall–Kier alpha value is -2.60. The van der Waals surface area contributed by atoms with Crippen LogP contribution in [0.15, 0.2) is 26.0 Å². The number of nitrogens with one attached hydrogen (secondary N) is 1. The van der Waals surface area contributed by atoms with Gasteiger partial charge in [0, 0.05) is 47.0 Å². The standard InChI is InChI=1S/C25H31NO5/c1-14-17(8-9-21(27)26-12-16-7-6-10-29-16)24(28)31-23-15(2)22-19(11-18(14)23)20(13-30-22)25(3,4)5/h11,13,16H,6-10,12H2,1-5H3,(H,26,27). The SMILES string of the molecule is Cc1c(CCC(=O)NCC2CCCO2)c(=O)oc2c(C)c3occ(C(C)(C)C)c3cc12. The topological polar surface area (TPSA) is 81.7 Å². The summed E-state index contributed by atoms with van der Waals surface area (Å²) in [5.41, 5.74) is 4.21. The number of carbonyl (C=O) groups is 1. The summed E-state index contributed by atoms with van der Waals surface area (Å²) in [6, 6.07) is 2.06. The molecule has 3 heterocycles. The van der Waals surface area contributed by atoms with Crippen LogP contribution in [-0.2, 0) is 21.4 Å². The van der Waals surface area contributed by atoms with E-state index in [1.165, 1.54) is 0 Å². The van der Waals surface area contributed by atoms with Gasteiger partial charge in [-0.15, -0.1) is 0 Å². The maximum absolute atomic E-state index is 12.7. The summed E-state index contributed by atoms with van der Waals surface area (Å²) in [5.74, 6) is -0.0779. The van der Waals surface area contributed by atoms with E-state index in [1.807, 2.05) is 13.8 Å². The monoisotopic (exact) mass is 425 g/mol. The Morgan fingerprint density at radius 1 is 1.16 bits per heavy atom. The lowest BCUT2D eigenvalue weighted by Gasteiger charge is -2.17. The number of hydrogen-bond acceptors (Lipinski definition) is 5. The number of rotatable bonds is 5. The molecular weight excluding hydrogens is 394 g/mol. The van der Waals surface area contributed by atoms with Gasteiger partial charge in [0.25, 0.3) is 0 Å². The number of fused-ring (bicyclic) bond motifs is 2. The van der Waals surface area contributed by atoms with E-state index >= 15 is 0 Å².